The van der Waals surface area contributed by atoms with Crippen molar-refractivity contribution in [3.8, 4) is 6.19 Å². The molecule has 0 spiro atoms. The summed E-state index contributed by atoms with van der Waals surface area (Å²) in [5.74, 6) is 0. The molecule has 0 unspecified atom stereocenters. The molecule has 0 saturated heterocycles. The number of hydrazine groups is 2. The van der Waals surface area contributed by atoms with E-state index in [9.17, 15) is 0 Å². The highest BCUT2D eigenvalue weighted by atomic mass is 15.6. The van der Waals surface area contributed by atoms with Crippen LogP contribution < -0.4 is 16.4 Å². The van der Waals surface area contributed by atoms with E-state index in [1.54, 1.807) is 6.19 Å². The summed E-state index contributed by atoms with van der Waals surface area (Å²) in [5.41, 5.74) is 7.28. The molecular formula is C3H8N4. The van der Waals surface area contributed by atoms with Gasteiger partial charge in [0.1, 0.15) is 0 Å². The number of hydrogen-bond donors (Lipinski definition) is 3. The van der Waals surface area contributed by atoms with Crippen molar-refractivity contribution >= 4 is 0 Å². The maximum atomic E-state index is 7.83. The summed E-state index contributed by atoms with van der Waals surface area (Å²) in [4.78, 5) is 0. The predicted molar refractivity (Wildman–Crippen MR) is 25.6 cm³/mol. The molecule has 7 heavy (non-hydrogen) atoms. The first kappa shape index (κ1) is 6.21. The van der Waals surface area contributed by atoms with E-state index in [1.807, 2.05) is 6.92 Å². The molecule has 0 amide bonds. The number of nitrogens with one attached hydrogen (secondary N) is 3. The fraction of sp³-hybridized carbons (Fsp3) is 0.667. The third kappa shape index (κ3) is 5.21. The molecule has 40 valence electrons. The third-order valence-corrected chi connectivity index (χ3v) is 0.384. The van der Waals surface area contributed by atoms with E-state index in [0.717, 1.165) is 6.54 Å². The molecule has 0 aliphatic rings. The molecule has 3 N–H and O–H groups in total. The van der Waals surface area contributed by atoms with Crippen LogP contribution in [0.1, 0.15) is 6.92 Å². The van der Waals surface area contributed by atoms with Crippen LogP contribution in [0.25, 0.3) is 0 Å². The third-order valence-electron chi connectivity index (χ3n) is 0.384. The topological polar surface area (TPSA) is 59.9 Å². The summed E-state index contributed by atoms with van der Waals surface area (Å²) in [6, 6.07) is 0. The first-order chi connectivity index (χ1) is 3.41. The summed E-state index contributed by atoms with van der Waals surface area (Å²) in [5, 5.41) is 7.83. The Kier molecular flexibility index (Phi) is 4.62. The molecule has 0 heterocycles. The van der Waals surface area contributed by atoms with Gasteiger partial charge in [-0.25, -0.2) is 10.9 Å². The Labute approximate surface area is 42.5 Å². The fourth-order valence-corrected chi connectivity index (χ4v) is 0.161. The van der Waals surface area contributed by atoms with E-state index in [0.29, 0.717) is 0 Å². The molecule has 0 bridgehead atoms. The normalized spacial score (nSPS) is 7.43. The first-order valence-corrected chi connectivity index (χ1v) is 2.03. The van der Waals surface area contributed by atoms with Crippen LogP contribution in [0.4, 0.5) is 0 Å². The van der Waals surface area contributed by atoms with Gasteiger partial charge in [-0.3, -0.25) is 0 Å². The van der Waals surface area contributed by atoms with E-state index < -0.39 is 0 Å². The molecule has 0 aliphatic carbocycles. The standard InChI is InChI=1S/C3H8N4/c1-2-5-7-6-3-4/h5-7H,2H2,1H3. The SMILES string of the molecule is CCNNNC#N. The minimum atomic E-state index is 0.786. The van der Waals surface area contributed by atoms with Crippen molar-refractivity contribution in [2.24, 2.45) is 0 Å². The lowest BCUT2D eigenvalue weighted by atomic mass is 10.8. The Morgan fingerprint density at radius 3 is 2.86 bits per heavy atom. The van der Waals surface area contributed by atoms with Crippen molar-refractivity contribution in [2.75, 3.05) is 6.54 Å². The maximum absolute atomic E-state index is 7.83. The van der Waals surface area contributed by atoms with Crippen LogP contribution in [0.5, 0.6) is 0 Å². The number of nitrogens with zero attached hydrogens (tertiary/aromatic N) is 1. The highest BCUT2D eigenvalue weighted by Gasteiger charge is 1.69. The molecule has 0 saturated carbocycles. The Morgan fingerprint density at radius 1 is 1.71 bits per heavy atom. The average Bonchev–Trinajstić information content (AvgIpc) is 1.69. The highest BCUT2D eigenvalue weighted by molar-refractivity contribution is 4.56. The second kappa shape index (κ2) is 5.21. The van der Waals surface area contributed by atoms with Crippen LogP contribution >= 0.6 is 0 Å². The molecule has 0 aliphatic heterocycles. The summed E-state index contributed by atoms with van der Waals surface area (Å²) in [6.45, 7) is 2.71. The summed E-state index contributed by atoms with van der Waals surface area (Å²) in [6.07, 6.45) is 1.68. The molecule has 4 nitrogen and oxygen atoms in total. The molecule has 0 atom stereocenters. The van der Waals surface area contributed by atoms with E-state index >= 15 is 0 Å². The minimum Gasteiger partial charge on any atom is -0.244 e. The van der Waals surface area contributed by atoms with Gasteiger partial charge >= 0.3 is 0 Å². The second-order valence-corrected chi connectivity index (χ2v) is 0.892. The largest absolute Gasteiger partial charge is 0.244 e. The quantitative estimate of drug-likeness (QED) is 0.186. The van der Waals surface area contributed by atoms with Crippen molar-refractivity contribution in [1.29, 1.82) is 5.26 Å². The zero-order valence-corrected chi connectivity index (χ0v) is 4.15. The smallest absolute Gasteiger partial charge is 0.193 e. The van der Waals surface area contributed by atoms with Gasteiger partial charge in [-0.1, -0.05) is 6.92 Å². The van der Waals surface area contributed by atoms with Gasteiger partial charge < -0.3 is 0 Å². The van der Waals surface area contributed by atoms with Gasteiger partial charge in [-0.15, -0.1) is 0 Å². The van der Waals surface area contributed by atoms with Crippen LogP contribution in [0.2, 0.25) is 0 Å². The van der Waals surface area contributed by atoms with E-state index in [1.165, 1.54) is 0 Å². The lowest BCUT2D eigenvalue weighted by molar-refractivity contribution is 0.510. The van der Waals surface area contributed by atoms with Crippen LogP contribution in [0.15, 0.2) is 0 Å². The summed E-state index contributed by atoms with van der Waals surface area (Å²) < 4.78 is 0. The van der Waals surface area contributed by atoms with Crippen molar-refractivity contribution in [2.45, 2.75) is 6.92 Å². The van der Waals surface area contributed by atoms with Crippen molar-refractivity contribution in [3.05, 3.63) is 0 Å². The van der Waals surface area contributed by atoms with Gasteiger partial charge in [0.2, 0.25) is 0 Å². The van der Waals surface area contributed by atoms with Crippen molar-refractivity contribution < 1.29 is 0 Å². The highest BCUT2D eigenvalue weighted by Crippen LogP contribution is 1.38. The number of hydrogen-bond acceptors (Lipinski definition) is 4. The van der Waals surface area contributed by atoms with E-state index in [2.05, 4.69) is 16.4 Å². The predicted octanol–water partition coefficient (Wildman–Crippen LogP) is -0.914. The van der Waals surface area contributed by atoms with Gasteiger partial charge in [0, 0.05) is 6.54 Å². The fourth-order valence-electron chi connectivity index (χ4n) is 0.161. The Hall–Kier alpha value is -0.790. The van der Waals surface area contributed by atoms with Crippen molar-refractivity contribution in [1.82, 2.24) is 16.4 Å². The van der Waals surface area contributed by atoms with Crippen LogP contribution in [0, 0.1) is 11.5 Å². The zero-order valence-electron chi connectivity index (χ0n) is 4.15. The van der Waals surface area contributed by atoms with Crippen LogP contribution in [0.3, 0.4) is 0 Å². The van der Waals surface area contributed by atoms with Crippen LogP contribution in [-0.4, -0.2) is 6.54 Å². The van der Waals surface area contributed by atoms with E-state index in [-0.39, 0.29) is 0 Å². The van der Waals surface area contributed by atoms with Gasteiger partial charge in [-0.05, 0) is 0 Å². The van der Waals surface area contributed by atoms with Gasteiger partial charge in [0.05, 0.1) is 0 Å². The molecule has 0 aromatic carbocycles. The Morgan fingerprint density at radius 2 is 2.43 bits per heavy atom. The van der Waals surface area contributed by atoms with Gasteiger partial charge in [0.15, 0.2) is 6.19 Å². The van der Waals surface area contributed by atoms with Gasteiger partial charge in [-0.2, -0.15) is 10.8 Å². The van der Waals surface area contributed by atoms with Crippen molar-refractivity contribution in [3.63, 3.8) is 0 Å². The van der Waals surface area contributed by atoms with E-state index in [4.69, 9.17) is 5.26 Å². The average molecular weight is 100 g/mol. The Balaban J connectivity index is 2.60. The number of nitriles is 1. The zero-order chi connectivity index (χ0) is 5.54. The summed E-state index contributed by atoms with van der Waals surface area (Å²) in [7, 11) is 0. The van der Waals surface area contributed by atoms with Gasteiger partial charge in [0.25, 0.3) is 0 Å². The molecule has 4 heteroatoms. The lowest BCUT2D eigenvalue weighted by Crippen LogP contribution is -2.40. The molecule has 0 aromatic heterocycles. The first-order valence-electron chi connectivity index (χ1n) is 2.03. The minimum absolute atomic E-state index is 0.786. The van der Waals surface area contributed by atoms with Crippen LogP contribution in [-0.2, 0) is 0 Å². The molecule has 0 fully saturated rings. The molecule has 0 radical (unpaired) electrons. The Bertz CT molecular complexity index is 63.8. The molecule has 0 aromatic rings. The lowest BCUT2D eigenvalue weighted by Gasteiger charge is -1.96. The number of rotatable bonds is 3. The maximum Gasteiger partial charge on any atom is 0.193 e. The molecular weight excluding hydrogens is 92.1 g/mol. The molecule has 0 rings (SSSR count). The summed E-state index contributed by atoms with van der Waals surface area (Å²) >= 11 is 0. The second-order valence-electron chi connectivity index (χ2n) is 0.892. The monoisotopic (exact) mass is 100 g/mol.